The van der Waals surface area contributed by atoms with E-state index in [1.807, 2.05) is 67.0 Å². The number of anilines is 1. The van der Waals surface area contributed by atoms with Gasteiger partial charge in [-0.05, 0) is 42.7 Å². The summed E-state index contributed by atoms with van der Waals surface area (Å²) >= 11 is 1.64. The molecule has 0 aliphatic rings. The van der Waals surface area contributed by atoms with Gasteiger partial charge in [-0.15, -0.1) is 11.8 Å². The number of rotatable bonds is 5. The van der Waals surface area contributed by atoms with Crippen molar-refractivity contribution in [1.29, 1.82) is 0 Å². The first-order valence-electron chi connectivity index (χ1n) is 7.48. The van der Waals surface area contributed by atoms with Crippen LogP contribution in [-0.2, 0) is 4.79 Å². The lowest BCUT2D eigenvalue weighted by atomic mass is 10.3. The summed E-state index contributed by atoms with van der Waals surface area (Å²) in [6.07, 6.45) is 8.88. The zero-order valence-electron chi connectivity index (χ0n) is 13.2. The van der Waals surface area contributed by atoms with E-state index < -0.39 is 0 Å². The number of aromatic nitrogens is 2. The van der Waals surface area contributed by atoms with Gasteiger partial charge in [0, 0.05) is 28.4 Å². The molecule has 0 unspecified atom stereocenters. The van der Waals surface area contributed by atoms with E-state index in [1.54, 1.807) is 28.7 Å². The SMILES string of the molecule is CSc1cccc(NC(=O)/C=C/c2cnn(-c3ccccc3)c2)c1. The second kappa shape index (κ2) is 7.66. The highest BCUT2D eigenvalue weighted by Crippen LogP contribution is 2.19. The van der Waals surface area contributed by atoms with Gasteiger partial charge in [0.15, 0.2) is 0 Å². The van der Waals surface area contributed by atoms with Crippen LogP contribution in [0.25, 0.3) is 11.8 Å². The molecule has 5 heteroatoms. The van der Waals surface area contributed by atoms with Crippen molar-refractivity contribution >= 4 is 29.4 Å². The van der Waals surface area contributed by atoms with Gasteiger partial charge in [0.25, 0.3) is 0 Å². The lowest BCUT2D eigenvalue weighted by Crippen LogP contribution is -2.07. The fourth-order valence-corrected chi connectivity index (χ4v) is 2.66. The number of carbonyl (C=O) groups is 1. The molecule has 4 nitrogen and oxygen atoms in total. The molecule has 24 heavy (non-hydrogen) atoms. The highest BCUT2D eigenvalue weighted by molar-refractivity contribution is 7.98. The molecular weight excluding hydrogens is 318 g/mol. The van der Waals surface area contributed by atoms with E-state index in [-0.39, 0.29) is 5.91 Å². The smallest absolute Gasteiger partial charge is 0.248 e. The third kappa shape index (κ3) is 4.14. The quantitative estimate of drug-likeness (QED) is 0.560. The summed E-state index contributed by atoms with van der Waals surface area (Å²) in [7, 11) is 0. The summed E-state index contributed by atoms with van der Waals surface area (Å²) in [5.74, 6) is -0.166. The zero-order valence-corrected chi connectivity index (χ0v) is 14.0. The Morgan fingerprint density at radius 1 is 1.17 bits per heavy atom. The maximum Gasteiger partial charge on any atom is 0.248 e. The Hall–Kier alpha value is -2.79. The van der Waals surface area contributed by atoms with Crippen LogP contribution in [0.1, 0.15) is 5.56 Å². The fraction of sp³-hybridized carbons (Fsp3) is 0.0526. The second-order valence-electron chi connectivity index (χ2n) is 5.11. The highest BCUT2D eigenvalue weighted by Gasteiger charge is 2.01. The first-order chi connectivity index (χ1) is 11.7. The van der Waals surface area contributed by atoms with Crippen molar-refractivity contribution in [3.8, 4) is 5.69 Å². The summed E-state index contributed by atoms with van der Waals surface area (Å²) < 4.78 is 1.78. The molecule has 1 aromatic heterocycles. The minimum atomic E-state index is -0.166. The molecule has 1 N–H and O–H groups in total. The van der Waals surface area contributed by atoms with Gasteiger partial charge in [-0.1, -0.05) is 24.3 Å². The van der Waals surface area contributed by atoms with Crippen molar-refractivity contribution in [2.45, 2.75) is 4.90 Å². The van der Waals surface area contributed by atoms with Gasteiger partial charge >= 0.3 is 0 Å². The van der Waals surface area contributed by atoms with Crippen LogP contribution in [-0.4, -0.2) is 21.9 Å². The largest absolute Gasteiger partial charge is 0.322 e. The monoisotopic (exact) mass is 335 g/mol. The molecular formula is C19H17N3OS. The minimum Gasteiger partial charge on any atom is -0.322 e. The maximum absolute atomic E-state index is 12.0. The van der Waals surface area contributed by atoms with E-state index in [1.165, 1.54) is 6.08 Å². The number of nitrogens with one attached hydrogen (secondary N) is 1. The van der Waals surface area contributed by atoms with Crippen molar-refractivity contribution in [2.24, 2.45) is 0 Å². The van der Waals surface area contributed by atoms with Crippen molar-refractivity contribution in [1.82, 2.24) is 9.78 Å². The summed E-state index contributed by atoms with van der Waals surface area (Å²) in [5, 5.41) is 7.16. The van der Waals surface area contributed by atoms with E-state index in [4.69, 9.17) is 0 Å². The second-order valence-corrected chi connectivity index (χ2v) is 5.99. The molecule has 0 aliphatic carbocycles. The van der Waals surface area contributed by atoms with Crippen molar-refractivity contribution in [3.05, 3.63) is 78.6 Å². The van der Waals surface area contributed by atoms with Crippen LogP contribution in [0.15, 0.2) is 78.0 Å². The topological polar surface area (TPSA) is 46.9 Å². The van der Waals surface area contributed by atoms with Crippen LogP contribution in [0.3, 0.4) is 0 Å². The minimum absolute atomic E-state index is 0.166. The summed E-state index contributed by atoms with van der Waals surface area (Å²) in [6, 6.07) is 17.6. The molecule has 0 saturated heterocycles. The van der Waals surface area contributed by atoms with Gasteiger partial charge in [-0.3, -0.25) is 4.79 Å². The summed E-state index contributed by atoms with van der Waals surface area (Å²) in [4.78, 5) is 13.1. The highest BCUT2D eigenvalue weighted by atomic mass is 32.2. The van der Waals surface area contributed by atoms with Crippen LogP contribution >= 0.6 is 11.8 Å². The van der Waals surface area contributed by atoms with Crippen molar-refractivity contribution < 1.29 is 4.79 Å². The number of carbonyl (C=O) groups excluding carboxylic acids is 1. The predicted molar refractivity (Wildman–Crippen MR) is 99.5 cm³/mol. The normalized spacial score (nSPS) is 10.9. The van der Waals surface area contributed by atoms with Crippen LogP contribution in [0, 0.1) is 0 Å². The number of hydrogen-bond acceptors (Lipinski definition) is 3. The van der Waals surface area contributed by atoms with Crippen LogP contribution in [0.4, 0.5) is 5.69 Å². The maximum atomic E-state index is 12.0. The molecule has 0 bridgehead atoms. The molecule has 120 valence electrons. The molecule has 0 spiro atoms. The first-order valence-corrected chi connectivity index (χ1v) is 8.70. The lowest BCUT2D eigenvalue weighted by Gasteiger charge is -2.03. The van der Waals surface area contributed by atoms with E-state index in [9.17, 15) is 4.79 Å². The number of hydrogen-bond donors (Lipinski definition) is 1. The van der Waals surface area contributed by atoms with Gasteiger partial charge < -0.3 is 5.32 Å². The average Bonchev–Trinajstić information content (AvgIpc) is 3.10. The Kier molecular flexibility index (Phi) is 5.13. The molecule has 1 heterocycles. The first kappa shape index (κ1) is 16.1. The van der Waals surface area contributed by atoms with Gasteiger partial charge in [0.1, 0.15) is 0 Å². The molecule has 0 saturated carbocycles. The molecule has 3 aromatic rings. The average molecular weight is 335 g/mol. The van der Waals surface area contributed by atoms with Crippen molar-refractivity contribution in [2.75, 3.05) is 11.6 Å². The Balaban J connectivity index is 1.65. The fourth-order valence-electron chi connectivity index (χ4n) is 2.20. The third-order valence-corrected chi connectivity index (χ3v) is 4.11. The van der Waals surface area contributed by atoms with Crippen LogP contribution in [0.5, 0.6) is 0 Å². The molecule has 1 amide bonds. The number of amides is 1. The Morgan fingerprint density at radius 3 is 2.79 bits per heavy atom. The van der Waals surface area contributed by atoms with E-state index in [0.29, 0.717) is 0 Å². The van der Waals surface area contributed by atoms with Crippen LogP contribution in [0.2, 0.25) is 0 Å². The van der Waals surface area contributed by atoms with E-state index in [0.717, 1.165) is 21.8 Å². The van der Waals surface area contributed by atoms with Crippen LogP contribution < -0.4 is 5.32 Å². The molecule has 2 aromatic carbocycles. The van der Waals surface area contributed by atoms with Gasteiger partial charge in [-0.25, -0.2) is 4.68 Å². The molecule has 0 fully saturated rings. The lowest BCUT2D eigenvalue weighted by molar-refractivity contribution is -0.111. The zero-order chi connectivity index (χ0) is 16.8. The molecule has 0 atom stereocenters. The Morgan fingerprint density at radius 2 is 2.00 bits per heavy atom. The molecule has 3 rings (SSSR count). The number of nitrogens with zero attached hydrogens (tertiary/aromatic N) is 2. The number of benzene rings is 2. The summed E-state index contributed by atoms with van der Waals surface area (Å²) in [5.41, 5.74) is 2.64. The Bertz CT molecular complexity index is 856. The number of para-hydroxylation sites is 1. The Labute approximate surface area is 145 Å². The van der Waals surface area contributed by atoms with Crippen molar-refractivity contribution in [3.63, 3.8) is 0 Å². The molecule has 0 aliphatic heterocycles. The van der Waals surface area contributed by atoms with E-state index >= 15 is 0 Å². The third-order valence-electron chi connectivity index (χ3n) is 3.39. The van der Waals surface area contributed by atoms with Gasteiger partial charge in [0.2, 0.25) is 5.91 Å². The number of thioether (sulfide) groups is 1. The molecule has 0 radical (unpaired) electrons. The summed E-state index contributed by atoms with van der Waals surface area (Å²) in [6.45, 7) is 0. The predicted octanol–water partition coefficient (Wildman–Crippen LogP) is 4.25. The standard InChI is InChI=1S/C19H17N3OS/c1-24-18-9-5-6-16(12-18)21-19(23)11-10-15-13-20-22(14-15)17-7-3-2-4-8-17/h2-14H,1H3,(H,21,23)/b11-10+. The van der Waals surface area contributed by atoms with E-state index in [2.05, 4.69) is 10.4 Å². The van der Waals surface area contributed by atoms with Gasteiger partial charge in [0.05, 0.1) is 11.9 Å². The van der Waals surface area contributed by atoms with Gasteiger partial charge in [-0.2, -0.15) is 5.10 Å².